The van der Waals surface area contributed by atoms with Gasteiger partial charge in [-0.2, -0.15) is 0 Å². The Morgan fingerprint density at radius 1 is 1.00 bits per heavy atom. The van der Waals surface area contributed by atoms with Gasteiger partial charge < -0.3 is 9.67 Å². The van der Waals surface area contributed by atoms with E-state index in [2.05, 4.69) is 4.98 Å². The van der Waals surface area contributed by atoms with Crippen molar-refractivity contribution in [2.45, 2.75) is 6.54 Å². The zero-order valence-electron chi connectivity index (χ0n) is 10.9. The predicted molar refractivity (Wildman–Crippen MR) is 72.1 cm³/mol. The fourth-order valence-electron chi connectivity index (χ4n) is 2.29. The largest absolute Gasteiger partial charge is 0.395 e. The molecule has 0 saturated carbocycles. The summed E-state index contributed by atoms with van der Waals surface area (Å²) in [5.74, 6) is -2.30. The van der Waals surface area contributed by atoms with Crippen molar-refractivity contribution in [3.63, 3.8) is 0 Å². The summed E-state index contributed by atoms with van der Waals surface area (Å²) in [4.78, 5) is 4.17. The van der Waals surface area contributed by atoms with Gasteiger partial charge in [0, 0.05) is 18.7 Å². The SMILES string of the molecule is OCCn1c(-c2ccccc2F)nc2cc(F)c(F)cc21. The molecule has 2 aromatic carbocycles. The molecule has 3 aromatic rings. The summed E-state index contributed by atoms with van der Waals surface area (Å²) in [6, 6.07) is 7.94. The molecule has 1 N–H and O–H groups in total. The highest BCUT2D eigenvalue weighted by Crippen LogP contribution is 2.28. The molecule has 1 aromatic heterocycles. The van der Waals surface area contributed by atoms with Gasteiger partial charge in [0.05, 0.1) is 23.2 Å². The van der Waals surface area contributed by atoms with Gasteiger partial charge in [-0.1, -0.05) is 12.1 Å². The zero-order valence-corrected chi connectivity index (χ0v) is 10.9. The average molecular weight is 292 g/mol. The maximum absolute atomic E-state index is 13.9. The number of hydrogen-bond acceptors (Lipinski definition) is 2. The standard InChI is InChI=1S/C15H11F3N2O/c16-10-4-2-1-3-9(10)15-19-13-7-11(17)12(18)8-14(13)20(15)5-6-21/h1-4,7-8,21H,5-6H2. The van der Waals surface area contributed by atoms with E-state index in [0.29, 0.717) is 5.52 Å². The lowest BCUT2D eigenvalue weighted by Gasteiger charge is -2.08. The molecular weight excluding hydrogens is 281 g/mol. The van der Waals surface area contributed by atoms with Crippen molar-refractivity contribution in [2.75, 3.05) is 6.61 Å². The third-order valence-electron chi connectivity index (χ3n) is 3.23. The summed E-state index contributed by atoms with van der Waals surface area (Å²) >= 11 is 0. The smallest absolute Gasteiger partial charge is 0.161 e. The van der Waals surface area contributed by atoms with Gasteiger partial charge in [-0.05, 0) is 12.1 Å². The lowest BCUT2D eigenvalue weighted by atomic mass is 10.2. The first kappa shape index (κ1) is 13.6. The number of nitrogens with zero attached hydrogens (tertiary/aromatic N) is 2. The third-order valence-corrected chi connectivity index (χ3v) is 3.23. The molecule has 0 aliphatic carbocycles. The molecule has 3 rings (SSSR count). The van der Waals surface area contributed by atoms with E-state index in [-0.39, 0.29) is 30.1 Å². The molecule has 0 aliphatic rings. The Labute approximate surface area is 118 Å². The van der Waals surface area contributed by atoms with Gasteiger partial charge in [-0.15, -0.1) is 0 Å². The van der Waals surface area contributed by atoms with Crippen LogP contribution in [-0.2, 0) is 6.54 Å². The Morgan fingerprint density at radius 2 is 1.71 bits per heavy atom. The molecule has 0 spiro atoms. The van der Waals surface area contributed by atoms with Crippen LogP contribution in [0, 0.1) is 17.5 Å². The normalized spacial score (nSPS) is 11.2. The molecule has 0 unspecified atom stereocenters. The number of imidazole rings is 1. The van der Waals surface area contributed by atoms with E-state index in [9.17, 15) is 13.2 Å². The lowest BCUT2D eigenvalue weighted by molar-refractivity contribution is 0.278. The topological polar surface area (TPSA) is 38.0 Å². The van der Waals surface area contributed by atoms with Gasteiger partial charge in [0.1, 0.15) is 11.6 Å². The molecule has 0 radical (unpaired) electrons. The minimum absolute atomic E-state index is 0.102. The summed E-state index contributed by atoms with van der Waals surface area (Å²) in [6.07, 6.45) is 0. The minimum atomic E-state index is -1.02. The highest BCUT2D eigenvalue weighted by Gasteiger charge is 2.17. The highest BCUT2D eigenvalue weighted by molar-refractivity contribution is 5.81. The van der Waals surface area contributed by atoms with E-state index in [1.54, 1.807) is 6.07 Å². The van der Waals surface area contributed by atoms with Crippen LogP contribution in [0.15, 0.2) is 36.4 Å². The van der Waals surface area contributed by atoms with Crippen LogP contribution < -0.4 is 0 Å². The van der Waals surface area contributed by atoms with Gasteiger partial charge in [-0.3, -0.25) is 0 Å². The van der Waals surface area contributed by atoms with Gasteiger partial charge in [-0.25, -0.2) is 18.2 Å². The summed E-state index contributed by atoms with van der Waals surface area (Å²) in [6.45, 7) is -0.128. The molecule has 3 nitrogen and oxygen atoms in total. The molecule has 1 heterocycles. The Bertz CT molecular complexity index is 814. The van der Waals surface area contributed by atoms with Crippen LogP contribution in [0.2, 0.25) is 0 Å². The number of rotatable bonds is 3. The highest BCUT2D eigenvalue weighted by atomic mass is 19.2. The van der Waals surface area contributed by atoms with E-state index in [1.807, 2.05) is 0 Å². The molecule has 6 heteroatoms. The van der Waals surface area contributed by atoms with E-state index < -0.39 is 17.5 Å². The van der Waals surface area contributed by atoms with Crippen molar-refractivity contribution in [3.8, 4) is 11.4 Å². The van der Waals surface area contributed by atoms with Gasteiger partial charge in [0.15, 0.2) is 11.6 Å². The quantitative estimate of drug-likeness (QED) is 0.805. The first-order chi connectivity index (χ1) is 10.1. The number of aliphatic hydroxyl groups excluding tert-OH is 1. The Kier molecular flexibility index (Phi) is 3.39. The Hall–Kier alpha value is -2.34. The van der Waals surface area contributed by atoms with Crippen molar-refractivity contribution >= 4 is 11.0 Å². The van der Waals surface area contributed by atoms with E-state index in [0.717, 1.165) is 12.1 Å². The van der Waals surface area contributed by atoms with Crippen LogP contribution in [0.3, 0.4) is 0 Å². The van der Waals surface area contributed by atoms with Crippen LogP contribution >= 0.6 is 0 Å². The Balaban J connectivity index is 2.32. The van der Waals surface area contributed by atoms with Crippen LogP contribution in [0.4, 0.5) is 13.2 Å². The number of fused-ring (bicyclic) bond motifs is 1. The first-order valence-corrected chi connectivity index (χ1v) is 6.33. The first-order valence-electron chi connectivity index (χ1n) is 6.33. The predicted octanol–water partition coefficient (Wildman–Crippen LogP) is 3.11. The van der Waals surface area contributed by atoms with Crippen molar-refractivity contribution in [1.82, 2.24) is 9.55 Å². The molecule has 0 bridgehead atoms. The maximum atomic E-state index is 13.9. The second-order valence-electron chi connectivity index (χ2n) is 4.55. The molecule has 0 fully saturated rings. The average Bonchev–Trinajstić information content (AvgIpc) is 2.79. The molecule has 108 valence electrons. The summed E-state index contributed by atoms with van der Waals surface area (Å²) in [5, 5.41) is 9.15. The maximum Gasteiger partial charge on any atom is 0.161 e. The van der Waals surface area contributed by atoms with E-state index in [4.69, 9.17) is 5.11 Å². The van der Waals surface area contributed by atoms with Crippen molar-refractivity contribution in [3.05, 3.63) is 53.8 Å². The molecule has 0 atom stereocenters. The van der Waals surface area contributed by atoms with Crippen LogP contribution in [-0.4, -0.2) is 21.3 Å². The van der Waals surface area contributed by atoms with E-state index in [1.165, 1.54) is 22.8 Å². The van der Waals surface area contributed by atoms with Crippen LogP contribution in [0.25, 0.3) is 22.4 Å². The summed E-state index contributed by atoms with van der Waals surface area (Å²) in [5.41, 5.74) is 0.727. The van der Waals surface area contributed by atoms with Crippen LogP contribution in [0.5, 0.6) is 0 Å². The minimum Gasteiger partial charge on any atom is -0.395 e. The molecule has 0 saturated heterocycles. The summed E-state index contributed by atoms with van der Waals surface area (Å²) < 4.78 is 42.1. The molecular formula is C15H11F3N2O. The number of aromatic nitrogens is 2. The molecule has 0 amide bonds. The number of aliphatic hydroxyl groups is 1. The fourth-order valence-corrected chi connectivity index (χ4v) is 2.29. The molecule has 0 aliphatic heterocycles. The van der Waals surface area contributed by atoms with Crippen LogP contribution in [0.1, 0.15) is 0 Å². The lowest BCUT2D eigenvalue weighted by Crippen LogP contribution is -2.05. The molecule has 21 heavy (non-hydrogen) atoms. The number of benzene rings is 2. The number of halogens is 3. The second-order valence-corrected chi connectivity index (χ2v) is 4.55. The summed E-state index contributed by atoms with van der Waals surface area (Å²) in [7, 11) is 0. The third kappa shape index (κ3) is 2.27. The zero-order chi connectivity index (χ0) is 15.0. The van der Waals surface area contributed by atoms with Crippen molar-refractivity contribution in [1.29, 1.82) is 0 Å². The van der Waals surface area contributed by atoms with Crippen molar-refractivity contribution < 1.29 is 18.3 Å². The monoisotopic (exact) mass is 292 g/mol. The van der Waals surface area contributed by atoms with Gasteiger partial charge in [0.25, 0.3) is 0 Å². The second kappa shape index (κ2) is 5.21. The fraction of sp³-hybridized carbons (Fsp3) is 0.133. The van der Waals surface area contributed by atoms with Crippen molar-refractivity contribution in [2.24, 2.45) is 0 Å². The van der Waals surface area contributed by atoms with E-state index >= 15 is 0 Å². The Morgan fingerprint density at radius 3 is 2.43 bits per heavy atom. The number of hydrogen-bond donors (Lipinski definition) is 1. The van der Waals surface area contributed by atoms with Gasteiger partial charge >= 0.3 is 0 Å². The van der Waals surface area contributed by atoms with Gasteiger partial charge in [0.2, 0.25) is 0 Å².